The molecule has 0 heterocycles. The molecule has 0 aliphatic carbocycles. The minimum absolute atomic E-state index is 0.0503. The summed E-state index contributed by atoms with van der Waals surface area (Å²) in [5.74, 6) is 0.0503. The van der Waals surface area contributed by atoms with Crippen molar-refractivity contribution in [3.63, 3.8) is 0 Å². The first kappa shape index (κ1) is 9.77. The summed E-state index contributed by atoms with van der Waals surface area (Å²) in [6.45, 7) is -0.896. The van der Waals surface area contributed by atoms with E-state index in [1.807, 2.05) is 6.92 Å². The molecule has 0 amide bonds. The summed E-state index contributed by atoms with van der Waals surface area (Å²) in [4.78, 5) is 0. The maximum Gasteiger partial charge on any atom is 0.387 e. The highest BCUT2D eigenvalue weighted by molar-refractivity contribution is 5.53. The molecular formula is C9H11F2NO. The first-order chi connectivity index (χ1) is 6.13. The van der Waals surface area contributed by atoms with Crippen LogP contribution in [0.15, 0.2) is 18.2 Å². The maximum atomic E-state index is 11.9. The average Bonchev–Trinajstić information content (AvgIpc) is 2.08. The van der Waals surface area contributed by atoms with E-state index in [4.69, 9.17) is 5.73 Å². The number of halogens is 2. The average molecular weight is 187 g/mol. The Kier molecular flexibility index (Phi) is 3.06. The zero-order valence-electron chi connectivity index (χ0n) is 7.26. The summed E-state index contributed by atoms with van der Waals surface area (Å²) in [5, 5.41) is 0. The molecule has 2 N–H and O–H groups in total. The molecule has 0 fully saturated rings. The molecule has 1 aromatic rings. The number of anilines is 1. The van der Waals surface area contributed by atoms with Gasteiger partial charge in [-0.1, -0.05) is 13.0 Å². The summed E-state index contributed by atoms with van der Waals surface area (Å²) in [6.07, 6.45) is 0.764. The molecule has 0 aliphatic heterocycles. The highest BCUT2D eigenvalue weighted by atomic mass is 19.3. The molecule has 0 spiro atoms. The van der Waals surface area contributed by atoms with Gasteiger partial charge < -0.3 is 10.5 Å². The summed E-state index contributed by atoms with van der Waals surface area (Å²) in [5.41, 5.74) is 6.59. The zero-order chi connectivity index (χ0) is 9.84. The molecule has 0 saturated heterocycles. The molecule has 1 aromatic carbocycles. The van der Waals surface area contributed by atoms with Gasteiger partial charge in [0.25, 0.3) is 0 Å². The predicted molar refractivity (Wildman–Crippen MR) is 46.9 cm³/mol. The molecule has 1 rings (SSSR count). The van der Waals surface area contributed by atoms with Gasteiger partial charge >= 0.3 is 6.61 Å². The molecule has 0 unspecified atom stereocenters. The van der Waals surface area contributed by atoms with E-state index in [1.54, 1.807) is 12.1 Å². The second-order valence-corrected chi connectivity index (χ2v) is 2.60. The first-order valence-corrected chi connectivity index (χ1v) is 3.96. The highest BCUT2D eigenvalue weighted by Gasteiger charge is 2.07. The number of ether oxygens (including phenoxy) is 1. The van der Waals surface area contributed by atoms with Crippen LogP contribution in [0.5, 0.6) is 5.75 Å². The lowest BCUT2D eigenvalue weighted by molar-refractivity contribution is -0.0493. The van der Waals surface area contributed by atoms with Gasteiger partial charge in [-0.3, -0.25) is 0 Å². The minimum atomic E-state index is -2.82. The van der Waals surface area contributed by atoms with Crippen LogP contribution in [0.1, 0.15) is 12.5 Å². The van der Waals surface area contributed by atoms with Crippen molar-refractivity contribution in [2.24, 2.45) is 0 Å². The van der Waals surface area contributed by atoms with Crippen molar-refractivity contribution >= 4 is 5.69 Å². The van der Waals surface area contributed by atoms with Crippen molar-refractivity contribution in [2.45, 2.75) is 20.0 Å². The van der Waals surface area contributed by atoms with Crippen LogP contribution in [0.2, 0.25) is 0 Å². The van der Waals surface area contributed by atoms with Gasteiger partial charge in [0.05, 0.1) is 5.69 Å². The fourth-order valence-corrected chi connectivity index (χ4v) is 0.997. The number of alkyl halides is 2. The normalized spacial score (nSPS) is 10.5. The van der Waals surface area contributed by atoms with E-state index < -0.39 is 6.61 Å². The lowest BCUT2D eigenvalue weighted by Crippen LogP contribution is -2.04. The minimum Gasteiger partial charge on any atom is -0.433 e. The summed E-state index contributed by atoms with van der Waals surface area (Å²) >= 11 is 0. The zero-order valence-corrected chi connectivity index (χ0v) is 7.26. The molecule has 0 radical (unpaired) electrons. The Balaban J connectivity index is 2.90. The van der Waals surface area contributed by atoms with Crippen molar-refractivity contribution in [2.75, 3.05) is 5.73 Å². The van der Waals surface area contributed by atoms with Gasteiger partial charge in [-0.05, 0) is 24.1 Å². The van der Waals surface area contributed by atoms with Crippen molar-refractivity contribution in [3.05, 3.63) is 23.8 Å². The molecule has 0 aliphatic rings. The van der Waals surface area contributed by atoms with Crippen LogP contribution in [0.4, 0.5) is 14.5 Å². The molecule has 72 valence electrons. The van der Waals surface area contributed by atoms with Crippen LogP contribution < -0.4 is 10.5 Å². The van der Waals surface area contributed by atoms with Crippen LogP contribution in [0.3, 0.4) is 0 Å². The fourth-order valence-electron chi connectivity index (χ4n) is 0.997. The Morgan fingerprint density at radius 2 is 2.15 bits per heavy atom. The van der Waals surface area contributed by atoms with Gasteiger partial charge in [-0.25, -0.2) is 0 Å². The van der Waals surface area contributed by atoms with Gasteiger partial charge in [0.2, 0.25) is 0 Å². The van der Waals surface area contributed by atoms with Gasteiger partial charge in [-0.2, -0.15) is 8.78 Å². The van der Waals surface area contributed by atoms with E-state index in [1.165, 1.54) is 6.07 Å². The maximum absolute atomic E-state index is 11.9. The van der Waals surface area contributed by atoms with E-state index in [0.29, 0.717) is 0 Å². The lowest BCUT2D eigenvalue weighted by atomic mass is 10.1. The molecule has 0 bridgehead atoms. The quantitative estimate of drug-likeness (QED) is 0.737. The van der Waals surface area contributed by atoms with Gasteiger partial charge in [-0.15, -0.1) is 0 Å². The van der Waals surface area contributed by atoms with Crippen LogP contribution in [-0.4, -0.2) is 6.61 Å². The van der Waals surface area contributed by atoms with E-state index in [-0.39, 0.29) is 11.4 Å². The standard InChI is InChI=1S/C9H11F2NO/c1-2-6-3-4-7(12)8(5-6)13-9(10)11/h3-5,9H,2,12H2,1H3. The summed E-state index contributed by atoms with van der Waals surface area (Å²) in [7, 11) is 0. The Morgan fingerprint density at radius 3 is 2.69 bits per heavy atom. The fraction of sp³-hybridized carbons (Fsp3) is 0.333. The third kappa shape index (κ3) is 2.57. The first-order valence-electron chi connectivity index (χ1n) is 3.96. The molecule has 0 atom stereocenters. The van der Waals surface area contributed by atoms with Crippen LogP contribution in [-0.2, 0) is 6.42 Å². The third-order valence-electron chi connectivity index (χ3n) is 1.70. The monoisotopic (exact) mass is 187 g/mol. The Bertz CT molecular complexity index is 289. The summed E-state index contributed by atoms with van der Waals surface area (Å²) in [6, 6.07) is 4.88. The largest absolute Gasteiger partial charge is 0.433 e. The second kappa shape index (κ2) is 4.07. The van der Waals surface area contributed by atoms with Crippen molar-refractivity contribution in [1.82, 2.24) is 0 Å². The molecule has 0 aromatic heterocycles. The molecule has 4 heteroatoms. The van der Waals surface area contributed by atoms with Gasteiger partial charge in [0.1, 0.15) is 5.75 Å². The van der Waals surface area contributed by atoms with E-state index >= 15 is 0 Å². The highest BCUT2D eigenvalue weighted by Crippen LogP contribution is 2.24. The van der Waals surface area contributed by atoms with E-state index in [0.717, 1.165) is 12.0 Å². The van der Waals surface area contributed by atoms with Crippen LogP contribution >= 0.6 is 0 Å². The van der Waals surface area contributed by atoms with Crippen molar-refractivity contribution in [1.29, 1.82) is 0 Å². The number of nitrogens with two attached hydrogens (primary N) is 1. The van der Waals surface area contributed by atoms with E-state index in [2.05, 4.69) is 4.74 Å². The van der Waals surface area contributed by atoms with Crippen LogP contribution in [0, 0.1) is 0 Å². The Hall–Kier alpha value is -1.32. The third-order valence-corrected chi connectivity index (χ3v) is 1.70. The van der Waals surface area contributed by atoms with Crippen molar-refractivity contribution in [3.8, 4) is 5.75 Å². The second-order valence-electron chi connectivity index (χ2n) is 2.60. The van der Waals surface area contributed by atoms with Gasteiger partial charge in [0.15, 0.2) is 0 Å². The smallest absolute Gasteiger partial charge is 0.387 e. The number of hydrogen-bond acceptors (Lipinski definition) is 2. The molecule has 2 nitrogen and oxygen atoms in total. The number of aryl methyl sites for hydroxylation is 1. The van der Waals surface area contributed by atoms with Crippen molar-refractivity contribution < 1.29 is 13.5 Å². The Labute approximate surface area is 75.3 Å². The summed E-state index contributed by atoms with van der Waals surface area (Å²) < 4.78 is 27.9. The number of benzene rings is 1. The van der Waals surface area contributed by atoms with Gasteiger partial charge in [0, 0.05) is 0 Å². The number of rotatable bonds is 3. The number of nitrogen functional groups attached to an aromatic ring is 1. The SMILES string of the molecule is CCc1ccc(N)c(OC(F)F)c1. The van der Waals surface area contributed by atoms with Crippen LogP contribution in [0.25, 0.3) is 0 Å². The molecule has 13 heavy (non-hydrogen) atoms. The van der Waals surface area contributed by atoms with E-state index in [9.17, 15) is 8.78 Å². The lowest BCUT2D eigenvalue weighted by Gasteiger charge is -2.08. The molecular weight excluding hydrogens is 176 g/mol. The number of hydrogen-bond donors (Lipinski definition) is 1. The molecule has 0 saturated carbocycles. The topological polar surface area (TPSA) is 35.2 Å². The predicted octanol–water partition coefficient (Wildman–Crippen LogP) is 2.43. The Morgan fingerprint density at radius 1 is 1.46 bits per heavy atom.